The highest BCUT2D eigenvalue weighted by molar-refractivity contribution is 6.00. The third-order valence-corrected chi connectivity index (χ3v) is 4.53. The maximum absolute atomic E-state index is 12.6. The Kier molecular flexibility index (Phi) is 5.35. The van der Waals surface area contributed by atoms with Gasteiger partial charge >= 0.3 is 0 Å². The summed E-state index contributed by atoms with van der Waals surface area (Å²) < 4.78 is 5.33. The van der Waals surface area contributed by atoms with Crippen molar-refractivity contribution in [1.82, 2.24) is 10.2 Å². The zero-order valence-corrected chi connectivity index (χ0v) is 13.6. The maximum atomic E-state index is 12.6. The topological polar surface area (TPSA) is 70.8 Å². The average molecular weight is 318 g/mol. The van der Waals surface area contributed by atoms with Crippen LogP contribution in [-0.4, -0.2) is 63.3 Å². The highest BCUT2D eigenvalue weighted by Crippen LogP contribution is 2.26. The fraction of sp³-hybridized carbons (Fsp3) is 0.588. The Balaban J connectivity index is 1.60. The number of hydrogen-bond acceptors (Lipinski definition) is 5. The van der Waals surface area contributed by atoms with Crippen LogP contribution in [0.5, 0.6) is 0 Å². The van der Waals surface area contributed by atoms with Crippen molar-refractivity contribution in [2.75, 3.05) is 63.1 Å². The molecule has 2 saturated heterocycles. The van der Waals surface area contributed by atoms with E-state index in [0.717, 1.165) is 51.6 Å². The van der Waals surface area contributed by atoms with Gasteiger partial charge in [-0.1, -0.05) is 0 Å². The summed E-state index contributed by atoms with van der Waals surface area (Å²) in [5, 5.41) is 3.03. The minimum absolute atomic E-state index is 0.0348. The van der Waals surface area contributed by atoms with E-state index in [2.05, 4.69) is 15.1 Å². The number of rotatable bonds is 5. The third-order valence-electron chi connectivity index (χ3n) is 4.53. The molecule has 0 spiro atoms. The molecule has 0 unspecified atom stereocenters. The first-order valence-corrected chi connectivity index (χ1v) is 8.47. The Hall–Kier alpha value is -1.79. The van der Waals surface area contributed by atoms with Gasteiger partial charge in [0.1, 0.15) is 0 Å². The van der Waals surface area contributed by atoms with Gasteiger partial charge in [0.2, 0.25) is 0 Å². The van der Waals surface area contributed by atoms with Crippen LogP contribution in [0.3, 0.4) is 0 Å². The number of hydrogen-bond donors (Lipinski definition) is 2. The summed E-state index contributed by atoms with van der Waals surface area (Å²) in [6.45, 7) is 6.96. The normalized spacial score (nSPS) is 19.0. The second-order valence-corrected chi connectivity index (χ2v) is 6.18. The molecule has 6 nitrogen and oxygen atoms in total. The molecule has 2 aliphatic heterocycles. The first-order chi connectivity index (χ1) is 11.2. The molecule has 126 valence electrons. The molecule has 23 heavy (non-hydrogen) atoms. The van der Waals surface area contributed by atoms with Crippen LogP contribution in [0, 0.1) is 0 Å². The Morgan fingerprint density at radius 2 is 1.91 bits per heavy atom. The van der Waals surface area contributed by atoms with Gasteiger partial charge in [0.25, 0.3) is 5.91 Å². The van der Waals surface area contributed by atoms with Gasteiger partial charge in [0.15, 0.2) is 0 Å². The van der Waals surface area contributed by atoms with E-state index in [4.69, 9.17) is 10.5 Å². The van der Waals surface area contributed by atoms with Crippen LogP contribution in [0.25, 0.3) is 0 Å². The van der Waals surface area contributed by atoms with Crippen LogP contribution in [0.2, 0.25) is 0 Å². The number of nitrogens with two attached hydrogens (primary N) is 1. The quantitative estimate of drug-likeness (QED) is 0.791. The number of benzene rings is 1. The summed E-state index contributed by atoms with van der Waals surface area (Å²) in [5.41, 5.74) is 8.21. The van der Waals surface area contributed by atoms with Gasteiger partial charge in [0, 0.05) is 50.6 Å². The number of anilines is 2. The molecule has 0 aliphatic carbocycles. The number of nitrogens with one attached hydrogen (secondary N) is 1. The van der Waals surface area contributed by atoms with Crippen LogP contribution in [0.15, 0.2) is 18.2 Å². The summed E-state index contributed by atoms with van der Waals surface area (Å²) in [6.07, 6.45) is 2.37. The van der Waals surface area contributed by atoms with E-state index in [1.165, 1.54) is 12.8 Å². The number of carbonyl (C=O) groups excluding carboxylic acids is 1. The molecule has 3 N–H and O–H groups in total. The van der Waals surface area contributed by atoms with Crippen LogP contribution in [-0.2, 0) is 4.74 Å². The van der Waals surface area contributed by atoms with Crippen molar-refractivity contribution < 1.29 is 9.53 Å². The predicted molar refractivity (Wildman–Crippen MR) is 91.9 cm³/mol. The van der Waals surface area contributed by atoms with Crippen LogP contribution in [0.1, 0.15) is 23.2 Å². The minimum Gasteiger partial charge on any atom is -0.399 e. The fourth-order valence-corrected chi connectivity index (χ4v) is 3.22. The van der Waals surface area contributed by atoms with Gasteiger partial charge < -0.3 is 20.7 Å². The zero-order chi connectivity index (χ0) is 16.1. The van der Waals surface area contributed by atoms with Crippen molar-refractivity contribution in [3.05, 3.63) is 23.8 Å². The monoisotopic (exact) mass is 318 g/mol. The molecule has 3 rings (SSSR count). The SMILES string of the molecule is Nc1ccc(N2CCCC2)c(C(=O)NCCN2CCOCC2)c1. The molecule has 0 aromatic heterocycles. The molecule has 0 bridgehead atoms. The molecular weight excluding hydrogens is 292 g/mol. The van der Waals surface area contributed by atoms with E-state index in [0.29, 0.717) is 17.8 Å². The van der Waals surface area contributed by atoms with Gasteiger partial charge in [0.05, 0.1) is 18.8 Å². The summed E-state index contributed by atoms with van der Waals surface area (Å²) in [7, 11) is 0. The Morgan fingerprint density at radius 3 is 2.65 bits per heavy atom. The molecule has 0 atom stereocenters. The Labute approximate surface area is 137 Å². The first-order valence-electron chi connectivity index (χ1n) is 8.47. The standard InChI is InChI=1S/C17H26N4O2/c18-14-3-4-16(21-6-1-2-7-21)15(13-14)17(22)19-5-8-20-9-11-23-12-10-20/h3-4,13H,1-2,5-12,18H2,(H,19,22). The van der Waals surface area contributed by atoms with Crippen molar-refractivity contribution in [3.63, 3.8) is 0 Å². The van der Waals surface area contributed by atoms with E-state index >= 15 is 0 Å². The molecule has 0 saturated carbocycles. The highest BCUT2D eigenvalue weighted by Gasteiger charge is 2.20. The minimum atomic E-state index is -0.0348. The number of amides is 1. The molecule has 6 heteroatoms. The number of morpholine rings is 1. The van der Waals surface area contributed by atoms with Crippen LogP contribution >= 0.6 is 0 Å². The summed E-state index contributed by atoms with van der Waals surface area (Å²) in [5.74, 6) is -0.0348. The second-order valence-electron chi connectivity index (χ2n) is 6.18. The fourth-order valence-electron chi connectivity index (χ4n) is 3.22. The van der Waals surface area contributed by atoms with Gasteiger partial charge in [-0.05, 0) is 31.0 Å². The predicted octanol–water partition coefficient (Wildman–Crippen LogP) is 0.931. The molecular formula is C17H26N4O2. The van der Waals surface area contributed by atoms with Gasteiger partial charge in [-0.2, -0.15) is 0 Å². The van der Waals surface area contributed by atoms with Gasteiger partial charge in [-0.15, -0.1) is 0 Å². The molecule has 1 amide bonds. The first kappa shape index (κ1) is 16.1. The molecule has 2 fully saturated rings. The van der Waals surface area contributed by atoms with E-state index in [1.54, 1.807) is 6.07 Å². The van der Waals surface area contributed by atoms with Crippen molar-refractivity contribution in [2.45, 2.75) is 12.8 Å². The summed E-state index contributed by atoms with van der Waals surface area (Å²) >= 11 is 0. The molecule has 2 aliphatic rings. The zero-order valence-electron chi connectivity index (χ0n) is 13.6. The average Bonchev–Trinajstić information content (AvgIpc) is 3.10. The number of nitrogen functional groups attached to an aromatic ring is 1. The number of carbonyl (C=O) groups is 1. The Morgan fingerprint density at radius 1 is 1.17 bits per heavy atom. The smallest absolute Gasteiger partial charge is 0.253 e. The summed E-state index contributed by atoms with van der Waals surface area (Å²) in [6, 6.07) is 5.63. The summed E-state index contributed by atoms with van der Waals surface area (Å²) in [4.78, 5) is 17.2. The van der Waals surface area contributed by atoms with E-state index in [1.807, 2.05) is 12.1 Å². The van der Waals surface area contributed by atoms with Gasteiger partial charge in [-0.25, -0.2) is 0 Å². The van der Waals surface area contributed by atoms with E-state index in [9.17, 15) is 4.79 Å². The lowest BCUT2D eigenvalue weighted by Gasteiger charge is -2.26. The van der Waals surface area contributed by atoms with Crippen LogP contribution < -0.4 is 16.0 Å². The largest absolute Gasteiger partial charge is 0.399 e. The Bertz CT molecular complexity index is 537. The van der Waals surface area contributed by atoms with E-state index < -0.39 is 0 Å². The van der Waals surface area contributed by atoms with Gasteiger partial charge in [-0.3, -0.25) is 9.69 Å². The van der Waals surface area contributed by atoms with E-state index in [-0.39, 0.29) is 5.91 Å². The molecule has 0 radical (unpaired) electrons. The van der Waals surface area contributed by atoms with Crippen LogP contribution in [0.4, 0.5) is 11.4 Å². The maximum Gasteiger partial charge on any atom is 0.253 e. The second kappa shape index (κ2) is 7.66. The van der Waals surface area contributed by atoms with Crippen molar-refractivity contribution in [3.8, 4) is 0 Å². The molecule has 1 aromatic rings. The van der Waals surface area contributed by atoms with Crippen molar-refractivity contribution in [1.29, 1.82) is 0 Å². The van der Waals surface area contributed by atoms with Crippen molar-refractivity contribution >= 4 is 17.3 Å². The molecule has 2 heterocycles. The third kappa shape index (κ3) is 4.14. The number of ether oxygens (including phenoxy) is 1. The number of nitrogens with zero attached hydrogens (tertiary/aromatic N) is 2. The lowest BCUT2D eigenvalue weighted by atomic mass is 10.1. The highest BCUT2D eigenvalue weighted by atomic mass is 16.5. The molecule has 1 aromatic carbocycles. The lowest BCUT2D eigenvalue weighted by Crippen LogP contribution is -2.41. The lowest BCUT2D eigenvalue weighted by molar-refractivity contribution is 0.0383. The van der Waals surface area contributed by atoms with Crippen molar-refractivity contribution in [2.24, 2.45) is 0 Å².